The Labute approximate surface area is 195 Å². The van der Waals surface area contributed by atoms with Crippen LogP contribution in [0.25, 0.3) is 0 Å². The maximum absolute atomic E-state index is 6.16. The smallest absolute Gasteiger partial charge is 0.218 e. The molecule has 2 aromatic rings. The Morgan fingerprint density at radius 1 is 1.37 bits per heavy atom. The van der Waals surface area contributed by atoms with E-state index in [2.05, 4.69) is 31.4 Å². The van der Waals surface area contributed by atoms with Crippen LogP contribution < -0.4 is 10.1 Å². The van der Waals surface area contributed by atoms with Crippen molar-refractivity contribution >= 4 is 29.9 Å². The number of hydrogen-bond donors (Lipinski definition) is 1. The number of aliphatic imine (C=N–C) groups is 1. The Morgan fingerprint density at radius 3 is 2.93 bits per heavy atom. The summed E-state index contributed by atoms with van der Waals surface area (Å²) >= 11 is 0. The van der Waals surface area contributed by atoms with Gasteiger partial charge >= 0.3 is 0 Å². The molecular weight excluding hydrogens is 495 g/mol. The second kappa shape index (κ2) is 10.9. The number of ether oxygens (including phenoxy) is 2. The van der Waals surface area contributed by atoms with Crippen LogP contribution in [0.2, 0.25) is 0 Å². The van der Waals surface area contributed by atoms with Gasteiger partial charge in [0.2, 0.25) is 5.88 Å². The number of aromatic nitrogens is 3. The van der Waals surface area contributed by atoms with Gasteiger partial charge in [-0.2, -0.15) is 5.10 Å². The molecule has 2 aliphatic rings. The van der Waals surface area contributed by atoms with Crippen molar-refractivity contribution in [1.82, 2.24) is 25.0 Å². The number of aryl methyl sites for hydroxylation is 1. The van der Waals surface area contributed by atoms with Crippen LogP contribution in [0.3, 0.4) is 0 Å². The first-order valence-electron chi connectivity index (χ1n) is 10.4. The van der Waals surface area contributed by atoms with E-state index >= 15 is 0 Å². The zero-order chi connectivity index (χ0) is 20.1. The lowest BCUT2D eigenvalue weighted by Gasteiger charge is -2.34. The predicted octanol–water partition coefficient (Wildman–Crippen LogP) is 2.90. The van der Waals surface area contributed by atoms with E-state index in [0.29, 0.717) is 19.3 Å². The van der Waals surface area contributed by atoms with Gasteiger partial charge in [-0.25, -0.2) is 4.98 Å². The van der Waals surface area contributed by atoms with Crippen molar-refractivity contribution in [2.45, 2.75) is 44.4 Å². The standard InChI is InChI=1S/C21H30N6O2.HI/c1-22-21(27-10-11-28-19(15-27)17-13-25-26(2)14-17)24-12-16-6-5-9-23-20(16)29-18-7-3-4-8-18;/h5-6,9,13-14,18-19H,3-4,7-8,10-12,15H2,1-2H3,(H,22,24);1H. The minimum Gasteiger partial charge on any atom is -0.474 e. The van der Waals surface area contributed by atoms with Crippen molar-refractivity contribution < 1.29 is 9.47 Å². The first kappa shape index (κ1) is 22.8. The van der Waals surface area contributed by atoms with Crippen molar-refractivity contribution in [2.75, 3.05) is 26.7 Å². The van der Waals surface area contributed by atoms with Crippen molar-refractivity contribution in [2.24, 2.45) is 12.0 Å². The van der Waals surface area contributed by atoms with E-state index in [1.165, 1.54) is 12.8 Å². The van der Waals surface area contributed by atoms with Crippen molar-refractivity contribution in [3.8, 4) is 5.88 Å². The average Bonchev–Trinajstić information content (AvgIpc) is 3.42. The molecule has 1 aliphatic carbocycles. The molecule has 164 valence electrons. The molecule has 30 heavy (non-hydrogen) atoms. The lowest BCUT2D eigenvalue weighted by molar-refractivity contribution is -0.00805. The minimum absolute atomic E-state index is 0. The molecule has 1 N–H and O–H groups in total. The Morgan fingerprint density at radius 2 is 2.20 bits per heavy atom. The van der Waals surface area contributed by atoms with Crippen LogP contribution in [0.15, 0.2) is 35.7 Å². The van der Waals surface area contributed by atoms with Gasteiger partial charge in [0, 0.05) is 50.7 Å². The molecule has 1 saturated carbocycles. The molecule has 0 bridgehead atoms. The molecule has 8 nitrogen and oxygen atoms in total. The molecule has 0 amide bonds. The second-order valence-electron chi connectivity index (χ2n) is 7.65. The fourth-order valence-corrected chi connectivity index (χ4v) is 3.99. The largest absolute Gasteiger partial charge is 0.474 e. The summed E-state index contributed by atoms with van der Waals surface area (Å²) in [4.78, 5) is 11.2. The summed E-state index contributed by atoms with van der Waals surface area (Å²) in [6.07, 6.45) is 10.7. The highest BCUT2D eigenvalue weighted by Gasteiger charge is 2.25. The molecule has 1 unspecified atom stereocenters. The van der Waals surface area contributed by atoms with Gasteiger partial charge in [-0.05, 0) is 31.7 Å². The predicted molar refractivity (Wildman–Crippen MR) is 126 cm³/mol. The number of rotatable bonds is 5. The molecule has 2 aromatic heterocycles. The Balaban J connectivity index is 0.00000256. The van der Waals surface area contributed by atoms with E-state index in [9.17, 15) is 0 Å². The van der Waals surface area contributed by atoms with Crippen LogP contribution in [-0.4, -0.2) is 58.5 Å². The van der Waals surface area contributed by atoms with Gasteiger partial charge < -0.3 is 19.7 Å². The highest BCUT2D eigenvalue weighted by Crippen LogP contribution is 2.25. The second-order valence-corrected chi connectivity index (χ2v) is 7.65. The molecule has 4 rings (SSSR count). The van der Waals surface area contributed by atoms with Gasteiger partial charge in [0.05, 0.1) is 19.3 Å². The van der Waals surface area contributed by atoms with Crippen LogP contribution >= 0.6 is 24.0 Å². The van der Waals surface area contributed by atoms with E-state index in [1.54, 1.807) is 10.9 Å². The zero-order valence-corrected chi connectivity index (χ0v) is 20.0. The molecule has 2 fully saturated rings. The average molecular weight is 526 g/mol. The van der Waals surface area contributed by atoms with Crippen LogP contribution in [0.5, 0.6) is 5.88 Å². The van der Waals surface area contributed by atoms with Gasteiger partial charge in [0.25, 0.3) is 0 Å². The number of nitrogens with zero attached hydrogens (tertiary/aromatic N) is 5. The van der Waals surface area contributed by atoms with E-state index in [-0.39, 0.29) is 30.1 Å². The Hall–Kier alpha value is -1.88. The van der Waals surface area contributed by atoms with Crippen molar-refractivity contribution in [3.63, 3.8) is 0 Å². The number of halogens is 1. The summed E-state index contributed by atoms with van der Waals surface area (Å²) in [6.45, 7) is 2.82. The van der Waals surface area contributed by atoms with E-state index in [4.69, 9.17) is 9.47 Å². The number of guanidine groups is 1. The number of nitrogens with one attached hydrogen (secondary N) is 1. The summed E-state index contributed by atoms with van der Waals surface area (Å²) in [5.41, 5.74) is 2.14. The number of pyridine rings is 1. The summed E-state index contributed by atoms with van der Waals surface area (Å²) < 4.78 is 13.9. The first-order chi connectivity index (χ1) is 14.2. The van der Waals surface area contributed by atoms with Crippen molar-refractivity contribution in [3.05, 3.63) is 41.9 Å². The third kappa shape index (κ3) is 5.63. The molecular formula is C21H31IN6O2. The first-order valence-corrected chi connectivity index (χ1v) is 10.4. The highest BCUT2D eigenvalue weighted by molar-refractivity contribution is 14.0. The molecule has 0 spiro atoms. The Kier molecular flexibility index (Phi) is 8.32. The fraction of sp³-hybridized carbons (Fsp3) is 0.571. The van der Waals surface area contributed by atoms with Crippen LogP contribution in [0, 0.1) is 0 Å². The van der Waals surface area contributed by atoms with Gasteiger partial charge in [-0.15, -0.1) is 24.0 Å². The SMILES string of the molecule is CN=C(NCc1cccnc1OC1CCCC1)N1CCOC(c2cnn(C)c2)C1.I. The molecule has 1 saturated heterocycles. The maximum Gasteiger partial charge on any atom is 0.218 e. The van der Waals surface area contributed by atoms with Crippen LogP contribution in [0.4, 0.5) is 0 Å². The van der Waals surface area contributed by atoms with Gasteiger partial charge in [-0.3, -0.25) is 9.67 Å². The summed E-state index contributed by atoms with van der Waals surface area (Å²) in [7, 11) is 3.74. The highest BCUT2D eigenvalue weighted by atomic mass is 127. The van der Waals surface area contributed by atoms with Crippen molar-refractivity contribution in [1.29, 1.82) is 0 Å². The zero-order valence-electron chi connectivity index (χ0n) is 17.7. The van der Waals surface area contributed by atoms with E-state index in [0.717, 1.165) is 48.9 Å². The van der Waals surface area contributed by atoms with Crippen LogP contribution in [0.1, 0.15) is 42.9 Å². The Bertz CT molecular complexity index is 836. The molecule has 1 atom stereocenters. The minimum atomic E-state index is -0.00403. The summed E-state index contributed by atoms with van der Waals surface area (Å²) in [6, 6.07) is 4.02. The molecule has 0 aromatic carbocycles. The third-order valence-corrected chi connectivity index (χ3v) is 5.54. The van der Waals surface area contributed by atoms with E-state index in [1.807, 2.05) is 32.6 Å². The summed E-state index contributed by atoms with van der Waals surface area (Å²) in [5, 5.41) is 7.74. The van der Waals surface area contributed by atoms with E-state index < -0.39 is 0 Å². The normalized spacial score (nSPS) is 20.1. The molecule has 9 heteroatoms. The van der Waals surface area contributed by atoms with Gasteiger partial charge in [0.1, 0.15) is 12.2 Å². The fourth-order valence-electron chi connectivity index (χ4n) is 3.99. The monoisotopic (exact) mass is 526 g/mol. The molecule has 1 aliphatic heterocycles. The topological polar surface area (TPSA) is 76.8 Å². The third-order valence-electron chi connectivity index (χ3n) is 5.54. The van der Waals surface area contributed by atoms with Gasteiger partial charge in [0.15, 0.2) is 5.96 Å². The van der Waals surface area contributed by atoms with Crippen LogP contribution in [-0.2, 0) is 18.3 Å². The maximum atomic E-state index is 6.16. The number of hydrogen-bond acceptors (Lipinski definition) is 5. The lowest BCUT2D eigenvalue weighted by atomic mass is 10.1. The lowest BCUT2D eigenvalue weighted by Crippen LogP contribution is -2.48. The quantitative estimate of drug-likeness (QED) is 0.367. The molecule has 0 radical (unpaired) electrons. The number of morpholine rings is 1. The molecule has 3 heterocycles. The van der Waals surface area contributed by atoms with Gasteiger partial charge in [-0.1, -0.05) is 6.07 Å². The summed E-state index contributed by atoms with van der Waals surface area (Å²) in [5.74, 6) is 1.59.